The predicted molar refractivity (Wildman–Crippen MR) is 96.6 cm³/mol. The molecule has 1 aliphatic rings. The van der Waals surface area contributed by atoms with E-state index in [1.165, 1.54) is 10.6 Å². The third kappa shape index (κ3) is 4.03. The van der Waals surface area contributed by atoms with Crippen molar-refractivity contribution in [3.8, 4) is 0 Å². The second-order valence-corrected chi connectivity index (χ2v) is 6.33. The first-order chi connectivity index (χ1) is 12.6. The Kier molecular flexibility index (Phi) is 5.85. The van der Waals surface area contributed by atoms with Gasteiger partial charge in [-0.05, 0) is 18.7 Å². The molecule has 0 unspecified atom stereocenters. The van der Waals surface area contributed by atoms with E-state index < -0.39 is 0 Å². The Morgan fingerprint density at radius 2 is 2.23 bits per heavy atom. The molecule has 0 saturated carbocycles. The Labute approximate surface area is 152 Å². The predicted octanol–water partition coefficient (Wildman–Crippen LogP) is 0.160. The van der Waals surface area contributed by atoms with Gasteiger partial charge in [0.15, 0.2) is 0 Å². The monoisotopic (exact) mass is 359 g/mol. The zero-order chi connectivity index (χ0) is 18.5. The third-order valence-corrected chi connectivity index (χ3v) is 4.74. The van der Waals surface area contributed by atoms with Gasteiger partial charge in [-0.3, -0.25) is 19.2 Å². The number of aryl methyl sites for hydroxylation is 1. The van der Waals surface area contributed by atoms with Gasteiger partial charge in [-0.15, -0.1) is 0 Å². The van der Waals surface area contributed by atoms with Gasteiger partial charge in [0.05, 0.1) is 24.4 Å². The molecule has 1 fully saturated rings. The lowest BCUT2D eigenvalue weighted by molar-refractivity contribution is -0.124. The molecule has 8 heteroatoms. The highest BCUT2D eigenvalue weighted by Crippen LogP contribution is 2.28. The van der Waals surface area contributed by atoms with E-state index in [1.807, 2.05) is 17.8 Å². The number of morpholine rings is 1. The number of rotatable bonds is 6. The molecule has 1 aliphatic heterocycles. The Balaban J connectivity index is 1.67. The smallest absolute Gasteiger partial charge is 0.250 e. The molecule has 0 radical (unpaired) electrons. The minimum Gasteiger partial charge on any atom is -0.373 e. The zero-order valence-electron chi connectivity index (χ0n) is 15.2. The van der Waals surface area contributed by atoms with Crippen LogP contribution in [0.3, 0.4) is 0 Å². The van der Waals surface area contributed by atoms with Gasteiger partial charge in [-0.25, -0.2) is 0 Å². The van der Waals surface area contributed by atoms with Crippen molar-refractivity contribution in [2.45, 2.75) is 25.6 Å². The average Bonchev–Trinajstić information content (AvgIpc) is 3.07. The van der Waals surface area contributed by atoms with Gasteiger partial charge in [0.1, 0.15) is 6.54 Å². The zero-order valence-corrected chi connectivity index (χ0v) is 15.2. The highest BCUT2D eigenvalue weighted by Gasteiger charge is 2.34. The van der Waals surface area contributed by atoms with E-state index in [9.17, 15) is 9.59 Å². The standard InChI is InChI=1S/C18H25N5O3/c1-3-22-10-11-26-15(18(22)14-7-8-20-21(14)2)12-19-16(24)13-23-9-5-4-6-17(23)25/h4-9,15,18H,3,10-13H2,1-2H3,(H,19,24)/t15-,18-/m0/s1. The number of nitrogens with zero attached hydrogens (tertiary/aromatic N) is 4. The number of carbonyl (C=O) groups is 1. The van der Waals surface area contributed by atoms with Crippen molar-refractivity contribution < 1.29 is 9.53 Å². The lowest BCUT2D eigenvalue weighted by Gasteiger charge is -2.40. The van der Waals surface area contributed by atoms with Crippen molar-refractivity contribution in [3.63, 3.8) is 0 Å². The van der Waals surface area contributed by atoms with E-state index in [1.54, 1.807) is 24.5 Å². The van der Waals surface area contributed by atoms with Crippen molar-refractivity contribution in [2.75, 3.05) is 26.2 Å². The van der Waals surface area contributed by atoms with Crippen LogP contribution in [0.1, 0.15) is 18.7 Å². The molecule has 0 bridgehead atoms. The number of pyridine rings is 1. The van der Waals surface area contributed by atoms with Crippen LogP contribution in [-0.4, -0.2) is 57.5 Å². The van der Waals surface area contributed by atoms with Gasteiger partial charge in [-0.1, -0.05) is 13.0 Å². The van der Waals surface area contributed by atoms with Gasteiger partial charge < -0.3 is 14.6 Å². The molecular formula is C18H25N5O3. The third-order valence-electron chi connectivity index (χ3n) is 4.74. The van der Waals surface area contributed by atoms with E-state index in [4.69, 9.17) is 4.74 Å². The summed E-state index contributed by atoms with van der Waals surface area (Å²) in [5.41, 5.74) is 0.867. The van der Waals surface area contributed by atoms with E-state index in [-0.39, 0.29) is 30.2 Å². The van der Waals surface area contributed by atoms with Crippen molar-refractivity contribution in [3.05, 3.63) is 52.7 Å². The summed E-state index contributed by atoms with van der Waals surface area (Å²) in [5, 5.41) is 7.17. The van der Waals surface area contributed by atoms with Crippen LogP contribution < -0.4 is 10.9 Å². The SMILES string of the molecule is CCN1CCO[C@@H](CNC(=O)Cn2ccccc2=O)[C@@H]1c1ccnn1C. The minimum absolute atomic E-state index is 0.000260. The summed E-state index contributed by atoms with van der Waals surface area (Å²) in [5.74, 6) is -0.209. The summed E-state index contributed by atoms with van der Waals surface area (Å²) in [6.07, 6.45) is 3.21. The maximum Gasteiger partial charge on any atom is 0.250 e. The second kappa shape index (κ2) is 8.29. The molecule has 0 spiro atoms. The Bertz CT molecular complexity index is 800. The number of hydrogen-bond donors (Lipinski definition) is 1. The molecule has 0 aliphatic carbocycles. The van der Waals surface area contributed by atoms with Crippen LogP contribution in [-0.2, 0) is 23.1 Å². The van der Waals surface area contributed by atoms with Gasteiger partial charge in [0.2, 0.25) is 5.91 Å². The van der Waals surface area contributed by atoms with Gasteiger partial charge in [0.25, 0.3) is 5.56 Å². The lowest BCUT2D eigenvalue weighted by atomic mass is 10.0. The summed E-state index contributed by atoms with van der Waals surface area (Å²) in [6.45, 7) is 4.86. The van der Waals surface area contributed by atoms with Gasteiger partial charge >= 0.3 is 0 Å². The first kappa shape index (κ1) is 18.3. The fourth-order valence-electron chi connectivity index (χ4n) is 3.38. The number of nitrogens with one attached hydrogen (secondary N) is 1. The minimum atomic E-state index is -0.209. The molecule has 1 amide bonds. The lowest BCUT2D eigenvalue weighted by Crippen LogP contribution is -2.50. The number of carbonyl (C=O) groups excluding carboxylic acids is 1. The average molecular weight is 359 g/mol. The molecule has 2 aromatic rings. The highest BCUT2D eigenvalue weighted by atomic mass is 16.5. The maximum atomic E-state index is 12.3. The van der Waals surface area contributed by atoms with Crippen LogP contribution in [0, 0.1) is 0 Å². The molecule has 8 nitrogen and oxygen atoms in total. The number of ether oxygens (including phenoxy) is 1. The van der Waals surface area contributed by atoms with Crippen LogP contribution in [0.15, 0.2) is 41.5 Å². The van der Waals surface area contributed by atoms with Crippen LogP contribution in [0.4, 0.5) is 0 Å². The highest BCUT2D eigenvalue weighted by molar-refractivity contribution is 5.75. The molecule has 2 aromatic heterocycles. The first-order valence-electron chi connectivity index (χ1n) is 8.86. The maximum absolute atomic E-state index is 12.3. The van der Waals surface area contributed by atoms with Crippen LogP contribution in [0.25, 0.3) is 0 Å². The Morgan fingerprint density at radius 1 is 1.38 bits per heavy atom. The molecule has 140 valence electrons. The molecule has 3 heterocycles. The summed E-state index contributed by atoms with van der Waals surface area (Å²) < 4.78 is 9.19. The van der Waals surface area contributed by atoms with Crippen LogP contribution >= 0.6 is 0 Å². The van der Waals surface area contributed by atoms with Crippen LogP contribution in [0.2, 0.25) is 0 Å². The molecular weight excluding hydrogens is 334 g/mol. The second-order valence-electron chi connectivity index (χ2n) is 6.33. The quantitative estimate of drug-likeness (QED) is 0.795. The summed E-state index contributed by atoms with van der Waals surface area (Å²) in [6, 6.07) is 6.84. The largest absolute Gasteiger partial charge is 0.373 e. The number of likely N-dealkylation sites (N-methyl/N-ethyl adjacent to an activating group) is 1. The van der Waals surface area contributed by atoms with Gasteiger partial charge in [0, 0.05) is 38.6 Å². The fourth-order valence-corrected chi connectivity index (χ4v) is 3.38. The van der Waals surface area contributed by atoms with Crippen molar-refractivity contribution in [2.24, 2.45) is 7.05 Å². The van der Waals surface area contributed by atoms with E-state index in [0.717, 1.165) is 18.8 Å². The normalized spacial score (nSPS) is 20.8. The fraction of sp³-hybridized carbons (Fsp3) is 0.500. The van der Waals surface area contributed by atoms with E-state index in [2.05, 4.69) is 22.2 Å². The number of hydrogen-bond acceptors (Lipinski definition) is 5. The Morgan fingerprint density at radius 3 is 2.92 bits per heavy atom. The summed E-state index contributed by atoms with van der Waals surface area (Å²) >= 11 is 0. The molecule has 1 saturated heterocycles. The Hall–Kier alpha value is -2.45. The van der Waals surface area contributed by atoms with Crippen molar-refractivity contribution in [1.82, 2.24) is 24.6 Å². The van der Waals surface area contributed by atoms with E-state index in [0.29, 0.717) is 13.2 Å². The molecule has 3 rings (SSSR count). The molecule has 1 N–H and O–H groups in total. The summed E-state index contributed by atoms with van der Waals surface area (Å²) in [7, 11) is 1.91. The van der Waals surface area contributed by atoms with Crippen molar-refractivity contribution >= 4 is 5.91 Å². The van der Waals surface area contributed by atoms with Gasteiger partial charge in [-0.2, -0.15) is 5.10 Å². The first-order valence-corrected chi connectivity index (χ1v) is 8.86. The molecule has 26 heavy (non-hydrogen) atoms. The topological polar surface area (TPSA) is 81.4 Å². The molecule has 2 atom stereocenters. The molecule has 0 aromatic carbocycles. The summed E-state index contributed by atoms with van der Waals surface area (Å²) in [4.78, 5) is 26.3. The van der Waals surface area contributed by atoms with E-state index >= 15 is 0 Å². The number of amides is 1. The van der Waals surface area contributed by atoms with Crippen LogP contribution in [0.5, 0.6) is 0 Å². The number of aromatic nitrogens is 3. The van der Waals surface area contributed by atoms with Crippen molar-refractivity contribution in [1.29, 1.82) is 0 Å².